The molecule has 0 aliphatic carbocycles. The number of aliphatic imine (C=N–C) groups is 1. The van der Waals surface area contributed by atoms with Gasteiger partial charge in [-0.3, -0.25) is 4.99 Å². The first-order valence-corrected chi connectivity index (χ1v) is 4.56. The Morgan fingerprint density at radius 2 is 1.91 bits per heavy atom. The van der Waals surface area contributed by atoms with Crippen LogP contribution in [0.4, 0.5) is 0 Å². The number of nitrogens with one attached hydrogen (secondary N) is 1. The maximum absolute atomic E-state index is 4.07. The minimum atomic E-state index is 0.912. The minimum absolute atomic E-state index is 0.912. The summed E-state index contributed by atoms with van der Waals surface area (Å²) in [6.45, 7) is 6.26. The lowest BCUT2D eigenvalue weighted by molar-refractivity contribution is 0.754. The van der Waals surface area contributed by atoms with Gasteiger partial charge in [0.15, 0.2) is 6.34 Å². The van der Waals surface area contributed by atoms with Crippen LogP contribution in [0.3, 0.4) is 0 Å². The van der Waals surface area contributed by atoms with Crippen molar-refractivity contribution in [3.63, 3.8) is 0 Å². The molecule has 0 spiro atoms. The highest BCUT2D eigenvalue weighted by molar-refractivity contribution is 5.53. The van der Waals surface area contributed by atoms with Gasteiger partial charge in [0.1, 0.15) is 0 Å². The zero-order valence-corrected chi connectivity index (χ0v) is 7.69. The van der Waals surface area contributed by atoms with E-state index in [0.717, 1.165) is 13.1 Å². The Hall–Kier alpha value is -0.530. The van der Waals surface area contributed by atoms with Gasteiger partial charge in [-0.05, 0) is 12.8 Å². The van der Waals surface area contributed by atoms with Crippen LogP contribution in [0.25, 0.3) is 0 Å². The summed E-state index contributed by atoms with van der Waals surface area (Å²) in [5, 5.41) is 3.03. The lowest BCUT2D eigenvalue weighted by Gasteiger charge is -1.94. The van der Waals surface area contributed by atoms with Gasteiger partial charge in [0.25, 0.3) is 0 Å². The maximum Gasteiger partial charge on any atom is 0.164 e. The minimum Gasteiger partial charge on any atom is -0.367 e. The molecule has 0 aliphatic heterocycles. The third-order valence-electron chi connectivity index (χ3n) is 1.44. The van der Waals surface area contributed by atoms with Gasteiger partial charge in [0.2, 0.25) is 0 Å². The molecule has 1 N–H and O–H groups in total. The summed E-state index contributed by atoms with van der Waals surface area (Å²) in [6.07, 6.45) is 7.64. The van der Waals surface area contributed by atoms with E-state index in [1.165, 1.54) is 25.7 Å². The quantitative estimate of drug-likeness (QED) is 0.259. The van der Waals surface area contributed by atoms with Crippen LogP contribution in [-0.4, -0.2) is 19.4 Å². The molecule has 0 bridgehead atoms. The maximum atomic E-state index is 4.07. The van der Waals surface area contributed by atoms with Gasteiger partial charge in [-0.2, -0.15) is 0 Å². The van der Waals surface area contributed by atoms with Gasteiger partial charge >= 0.3 is 0 Å². The molecule has 0 aliphatic rings. The van der Waals surface area contributed by atoms with Crippen molar-refractivity contribution in [1.29, 1.82) is 0 Å². The molecule has 0 saturated heterocycles. The first-order valence-electron chi connectivity index (χ1n) is 4.56. The second kappa shape index (κ2) is 9.47. The predicted molar refractivity (Wildman–Crippen MR) is 50.1 cm³/mol. The van der Waals surface area contributed by atoms with E-state index in [9.17, 15) is 0 Å². The summed E-state index contributed by atoms with van der Waals surface area (Å²) in [4.78, 5) is 4.07. The second-order valence-corrected chi connectivity index (χ2v) is 2.63. The van der Waals surface area contributed by atoms with Crippen LogP contribution >= 0.6 is 0 Å². The SMILES string of the molecule is CCCC/N=[C]\NCCCC. The summed E-state index contributed by atoms with van der Waals surface area (Å²) in [5.41, 5.74) is 0. The van der Waals surface area contributed by atoms with Crippen LogP contribution in [0.5, 0.6) is 0 Å². The molecule has 0 aromatic rings. The van der Waals surface area contributed by atoms with E-state index in [1.54, 1.807) is 0 Å². The lowest BCUT2D eigenvalue weighted by Crippen LogP contribution is -2.12. The highest BCUT2D eigenvalue weighted by Crippen LogP contribution is 1.85. The third-order valence-corrected chi connectivity index (χ3v) is 1.44. The molecular formula is C9H19N2. The summed E-state index contributed by atoms with van der Waals surface area (Å²) >= 11 is 0. The van der Waals surface area contributed by atoms with Gasteiger partial charge in [0, 0.05) is 13.1 Å². The fraction of sp³-hybridized carbons (Fsp3) is 0.889. The first kappa shape index (κ1) is 10.5. The van der Waals surface area contributed by atoms with Crippen molar-refractivity contribution in [3.8, 4) is 0 Å². The molecule has 0 saturated carbocycles. The largest absolute Gasteiger partial charge is 0.367 e. The average Bonchev–Trinajstić information content (AvgIpc) is 2.03. The third kappa shape index (κ3) is 9.47. The Bertz CT molecular complexity index is 89.6. The van der Waals surface area contributed by atoms with Crippen LogP contribution in [-0.2, 0) is 0 Å². The molecule has 0 rings (SSSR count). The molecule has 11 heavy (non-hydrogen) atoms. The van der Waals surface area contributed by atoms with Crippen molar-refractivity contribution in [2.75, 3.05) is 13.1 Å². The lowest BCUT2D eigenvalue weighted by atomic mass is 10.3. The van der Waals surface area contributed by atoms with E-state index >= 15 is 0 Å². The van der Waals surface area contributed by atoms with Crippen molar-refractivity contribution in [2.45, 2.75) is 39.5 Å². The van der Waals surface area contributed by atoms with Crippen LogP contribution < -0.4 is 5.32 Å². The summed E-state index contributed by atoms with van der Waals surface area (Å²) < 4.78 is 0. The second-order valence-electron chi connectivity index (χ2n) is 2.63. The number of rotatable bonds is 7. The van der Waals surface area contributed by atoms with Gasteiger partial charge in [0.05, 0.1) is 0 Å². The van der Waals surface area contributed by atoms with E-state index < -0.39 is 0 Å². The Balaban J connectivity index is 2.91. The standard InChI is InChI=1S/C9H19N2/c1-3-5-7-10-9-11-8-6-4-2/h3-8H2,1-2H3,(H,10,11). The summed E-state index contributed by atoms with van der Waals surface area (Å²) in [5.74, 6) is 0. The molecule has 0 atom stereocenters. The highest BCUT2D eigenvalue weighted by atomic mass is 14.9. The fourth-order valence-corrected chi connectivity index (χ4v) is 0.670. The van der Waals surface area contributed by atoms with E-state index in [1.807, 2.05) is 0 Å². The van der Waals surface area contributed by atoms with Gasteiger partial charge in [-0.25, -0.2) is 0 Å². The zero-order valence-electron chi connectivity index (χ0n) is 7.69. The van der Waals surface area contributed by atoms with Crippen molar-refractivity contribution in [2.24, 2.45) is 4.99 Å². The van der Waals surface area contributed by atoms with E-state index in [2.05, 4.69) is 30.5 Å². The van der Waals surface area contributed by atoms with Crippen LogP contribution in [0.1, 0.15) is 39.5 Å². The van der Waals surface area contributed by atoms with E-state index in [-0.39, 0.29) is 0 Å². The normalized spacial score (nSPS) is 10.7. The van der Waals surface area contributed by atoms with Crippen molar-refractivity contribution in [3.05, 3.63) is 0 Å². The molecule has 0 amide bonds. The van der Waals surface area contributed by atoms with Gasteiger partial charge < -0.3 is 5.32 Å². The number of unbranched alkanes of at least 4 members (excludes halogenated alkanes) is 2. The van der Waals surface area contributed by atoms with Gasteiger partial charge in [-0.15, -0.1) is 0 Å². The van der Waals surface area contributed by atoms with Crippen molar-refractivity contribution >= 4 is 6.34 Å². The molecule has 0 fully saturated rings. The molecule has 2 nitrogen and oxygen atoms in total. The number of hydrogen-bond acceptors (Lipinski definition) is 1. The summed E-state index contributed by atoms with van der Waals surface area (Å²) in [7, 11) is 0. The van der Waals surface area contributed by atoms with Crippen molar-refractivity contribution < 1.29 is 0 Å². The molecule has 65 valence electrons. The predicted octanol–water partition coefficient (Wildman–Crippen LogP) is 2.08. The Morgan fingerprint density at radius 3 is 2.55 bits per heavy atom. The summed E-state index contributed by atoms with van der Waals surface area (Å²) in [6, 6.07) is 0. The molecular weight excluding hydrogens is 136 g/mol. The zero-order chi connectivity index (χ0) is 8.36. The van der Waals surface area contributed by atoms with E-state index in [0.29, 0.717) is 0 Å². The monoisotopic (exact) mass is 155 g/mol. The molecule has 0 unspecified atom stereocenters. The molecule has 2 heteroatoms. The number of nitrogens with zero attached hydrogens (tertiary/aromatic N) is 1. The smallest absolute Gasteiger partial charge is 0.164 e. The van der Waals surface area contributed by atoms with Crippen molar-refractivity contribution in [1.82, 2.24) is 5.32 Å². The topological polar surface area (TPSA) is 24.4 Å². The number of hydrogen-bond donors (Lipinski definition) is 1. The molecule has 0 heterocycles. The van der Waals surface area contributed by atoms with Crippen LogP contribution in [0, 0.1) is 0 Å². The Kier molecular flexibility index (Phi) is 9.01. The van der Waals surface area contributed by atoms with E-state index in [4.69, 9.17) is 0 Å². The Morgan fingerprint density at radius 1 is 1.18 bits per heavy atom. The first-order chi connectivity index (χ1) is 5.41. The molecule has 0 aromatic carbocycles. The van der Waals surface area contributed by atoms with Gasteiger partial charge in [-0.1, -0.05) is 26.7 Å². The molecule has 0 aromatic heterocycles. The Labute approximate surface area is 70.1 Å². The average molecular weight is 155 g/mol. The molecule has 1 radical (unpaired) electrons. The fourth-order valence-electron chi connectivity index (χ4n) is 0.670. The van der Waals surface area contributed by atoms with Crippen LogP contribution in [0.15, 0.2) is 4.99 Å². The van der Waals surface area contributed by atoms with Crippen LogP contribution in [0.2, 0.25) is 0 Å². The highest BCUT2D eigenvalue weighted by Gasteiger charge is 1.80.